The molecule has 0 amide bonds. The molecule has 0 aliphatic heterocycles. The van der Waals surface area contributed by atoms with Crippen molar-refractivity contribution in [3.05, 3.63) is 45.4 Å². The molecule has 0 bridgehead atoms. The van der Waals surface area contributed by atoms with Gasteiger partial charge in [0.2, 0.25) is 16.9 Å². The second-order valence-corrected chi connectivity index (χ2v) is 4.16. The van der Waals surface area contributed by atoms with Gasteiger partial charge in [-0.05, 0) is 24.6 Å². The SMILES string of the molecule is COc1ccc([N+](=O)[O-])c(Oc2nc(Cl)ncc2C)c1. The third-order valence-corrected chi connectivity index (χ3v) is 2.65. The lowest BCUT2D eigenvalue weighted by Crippen LogP contribution is -1.98. The summed E-state index contributed by atoms with van der Waals surface area (Å²) in [6, 6.07) is 4.19. The smallest absolute Gasteiger partial charge is 0.311 e. The maximum Gasteiger partial charge on any atom is 0.311 e. The largest absolute Gasteiger partial charge is 0.497 e. The number of methoxy groups -OCH3 is 1. The summed E-state index contributed by atoms with van der Waals surface area (Å²) in [6.07, 6.45) is 1.47. The minimum atomic E-state index is -0.549. The summed E-state index contributed by atoms with van der Waals surface area (Å²) in [5, 5.41) is 11.0. The topological polar surface area (TPSA) is 87.4 Å². The van der Waals surface area contributed by atoms with Crippen molar-refractivity contribution in [2.45, 2.75) is 6.92 Å². The maximum absolute atomic E-state index is 11.0. The van der Waals surface area contributed by atoms with E-state index in [4.69, 9.17) is 21.1 Å². The average molecular weight is 296 g/mol. The van der Waals surface area contributed by atoms with Crippen LogP contribution in [0.5, 0.6) is 17.4 Å². The Hall–Kier alpha value is -2.41. The summed E-state index contributed by atoms with van der Waals surface area (Å²) in [7, 11) is 1.46. The van der Waals surface area contributed by atoms with Gasteiger partial charge in [0, 0.05) is 23.9 Å². The first kappa shape index (κ1) is 14.0. The first-order chi connectivity index (χ1) is 9.51. The van der Waals surface area contributed by atoms with Gasteiger partial charge in [-0.1, -0.05) is 0 Å². The lowest BCUT2D eigenvalue weighted by Gasteiger charge is -2.09. The van der Waals surface area contributed by atoms with Crippen molar-refractivity contribution in [3.63, 3.8) is 0 Å². The molecule has 1 aromatic heterocycles. The molecule has 7 nitrogen and oxygen atoms in total. The van der Waals surface area contributed by atoms with Crippen LogP contribution in [0, 0.1) is 17.0 Å². The van der Waals surface area contributed by atoms with E-state index >= 15 is 0 Å². The second-order valence-electron chi connectivity index (χ2n) is 3.82. The van der Waals surface area contributed by atoms with Gasteiger partial charge in [-0.15, -0.1) is 0 Å². The van der Waals surface area contributed by atoms with Crippen molar-refractivity contribution < 1.29 is 14.4 Å². The molecule has 104 valence electrons. The Morgan fingerprint density at radius 2 is 2.15 bits per heavy atom. The van der Waals surface area contributed by atoms with E-state index in [1.54, 1.807) is 6.92 Å². The molecule has 0 aliphatic carbocycles. The number of halogens is 1. The molecule has 0 unspecified atom stereocenters. The quantitative estimate of drug-likeness (QED) is 0.489. The minimum Gasteiger partial charge on any atom is -0.497 e. The number of benzene rings is 1. The standard InChI is InChI=1S/C12H10ClN3O4/c1-7-6-14-12(13)15-11(7)20-10-5-8(19-2)3-4-9(10)16(17)18/h3-6H,1-2H3. The summed E-state index contributed by atoms with van der Waals surface area (Å²) in [4.78, 5) is 18.1. The van der Waals surface area contributed by atoms with Crippen LogP contribution in [0.1, 0.15) is 5.56 Å². The van der Waals surface area contributed by atoms with E-state index in [2.05, 4.69) is 9.97 Å². The van der Waals surface area contributed by atoms with Gasteiger partial charge >= 0.3 is 5.69 Å². The molecule has 0 radical (unpaired) electrons. The molecule has 1 heterocycles. The predicted molar refractivity (Wildman–Crippen MR) is 71.5 cm³/mol. The number of nitro benzene ring substituents is 1. The lowest BCUT2D eigenvalue weighted by molar-refractivity contribution is -0.385. The molecule has 2 rings (SSSR count). The number of hydrogen-bond donors (Lipinski definition) is 0. The molecule has 8 heteroatoms. The highest BCUT2D eigenvalue weighted by atomic mass is 35.5. The van der Waals surface area contributed by atoms with E-state index in [0.29, 0.717) is 11.3 Å². The van der Waals surface area contributed by atoms with Gasteiger partial charge in [0.15, 0.2) is 0 Å². The number of rotatable bonds is 4. The van der Waals surface area contributed by atoms with Crippen LogP contribution in [0.15, 0.2) is 24.4 Å². The molecule has 20 heavy (non-hydrogen) atoms. The third kappa shape index (κ3) is 2.94. The molecule has 0 saturated heterocycles. The van der Waals surface area contributed by atoms with E-state index in [1.807, 2.05) is 0 Å². The Kier molecular flexibility index (Phi) is 3.99. The molecular formula is C12H10ClN3O4. The van der Waals surface area contributed by atoms with E-state index < -0.39 is 4.92 Å². The van der Waals surface area contributed by atoms with Crippen LogP contribution in [-0.4, -0.2) is 22.0 Å². The van der Waals surface area contributed by atoms with Gasteiger partial charge in [-0.25, -0.2) is 4.98 Å². The highest BCUT2D eigenvalue weighted by molar-refractivity contribution is 6.28. The predicted octanol–water partition coefficient (Wildman–Crippen LogP) is 3.15. The van der Waals surface area contributed by atoms with Crippen LogP contribution >= 0.6 is 11.6 Å². The Balaban J connectivity index is 2.45. The fourth-order valence-electron chi connectivity index (χ4n) is 1.47. The second kappa shape index (κ2) is 5.70. The summed E-state index contributed by atoms with van der Waals surface area (Å²) in [6.45, 7) is 1.71. The minimum absolute atomic E-state index is 0.00357. The Morgan fingerprint density at radius 3 is 2.80 bits per heavy atom. The third-order valence-electron chi connectivity index (χ3n) is 2.47. The molecule has 0 fully saturated rings. The fraction of sp³-hybridized carbons (Fsp3) is 0.167. The Labute approximate surface area is 119 Å². The van der Waals surface area contributed by atoms with Crippen molar-refractivity contribution in [3.8, 4) is 17.4 Å². The first-order valence-corrected chi connectivity index (χ1v) is 5.88. The van der Waals surface area contributed by atoms with Crippen molar-refractivity contribution >= 4 is 17.3 Å². The first-order valence-electron chi connectivity index (χ1n) is 5.50. The average Bonchev–Trinajstić information content (AvgIpc) is 2.42. The number of nitro groups is 1. The normalized spacial score (nSPS) is 10.2. The number of ether oxygens (including phenoxy) is 2. The Morgan fingerprint density at radius 1 is 1.40 bits per heavy atom. The van der Waals surface area contributed by atoms with Crippen LogP contribution in [0.25, 0.3) is 0 Å². The lowest BCUT2D eigenvalue weighted by atomic mass is 10.3. The number of aromatic nitrogens is 2. The van der Waals surface area contributed by atoms with Gasteiger partial charge in [-0.2, -0.15) is 4.98 Å². The van der Waals surface area contributed by atoms with E-state index in [1.165, 1.54) is 31.5 Å². The summed E-state index contributed by atoms with van der Waals surface area (Å²) < 4.78 is 10.5. The summed E-state index contributed by atoms with van der Waals surface area (Å²) in [5.41, 5.74) is 0.409. The van der Waals surface area contributed by atoms with Crippen molar-refractivity contribution in [2.24, 2.45) is 0 Å². The zero-order chi connectivity index (χ0) is 14.7. The van der Waals surface area contributed by atoms with E-state index in [0.717, 1.165) is 0 Å². The van der Waals surface area contributed by atoms with Crippen LogP contribution in [0.3, 0.4) is 0 Å². The summed E-state index contributed by atoms with van der Waals surface area (Å²) >= 11 is 5.68. The molecule has 0 N–H and O–H groups in total. The number of hydrogen-bond acceptors (Lipinski definition) is 6. The molecule has 0 aliphatic rings. The van der Waals surface area contributed by atoms with Crippen LogP contribution in [0.4, 0.5) is 5.69 Å². The van der Waals surface area contributed by atoms with Crippen molar-refractivity contribution in [2.75, 3.05) is 7.11 Å². The van der Waals surface area contributed by atoms with Crippen LogP contribution < -0.4 is 9.47 Å². The van der Waals surface area contributed by atoms with Crippen molar-refractivity contribution in [1.29, 1.82) is 0 Å². The maximum atomic E-state index is 11.0. The van der Waals surface area contributed by atoms with Gasteiger partial charge in [0.1, 0.15) is 5.75 Å². The van der Waals surface area contributed by atoms with Gasteiger partial charge < -0.3 is 9.47 Å². The zero-order valence-corrected chi connectivity index (χ0v) is 11.4. The molecule has 0 atom stereocenters. The van der Waals surface area contributed by atoms with E-state index in [-0.39, 0.29) is 22.6 Å². The van der Waals surface area contributed by atoms with E-state index in [9.17, 15) is 10.1 Å². The molecule has 2 aromatic rings. The number of aryl methyl sites for hydroxylation is 1. The number of nitrogens with zero attached hydrogens (tertiary/aromatic N) is 3. The molecule has 0 spiro atoms. The Bertz CT molecular complexity index is 663. The van der Waals surface area contributed by atoms with Gasteiger partial charge in [0.05, 0.1) is 12.0 Å². The van der Waals surface area contributed by atoms with Gasteiger partial charge in [-0.3, -0.25) is 10.1 Å². The van der Waals surface area contributed by atoms with Crippen molar-refractivity contribution in [1.82, 2.24) is 9.97 Å². The molecule has 0 saturated carbocycles. The molecule has 1 aromatic carbocycles. The summed E-state index contributed by atoms with van der Waals surface area (Å²) in [5.74, 6) is 0.608. The van der Waals surface area contributed by atoms with Crippen LogP contribution in [-0.2, 0) is 0 Å². The fourth-order valence-corrected chi connectivity index (χ4v) is 1.59. The highest BCUT2D eigenvalue weighted by Gasteiger charge is 2.18. The van der Waals surface area contributed by atoms with Gasteiger partial charge in [0.25, 0.3) is 0 Å². The zero-order valence-electron chi connectivity index (χ0n) is 10.7. The van der Waals surface area contributed by atoms with Crippen LogP contribution in [0.2, 0.25) is 5.28 Å². The monoisotopic (exact) mass is 295 g/mol. The highest BCUT2D eigenvalue weighted by Crippen LogP contribution is 2.35. The molecular weight excluding hydrogens is 286 g/mol.